The third kappa shape index (κ3) is 1.43. The van der Waals surface area contributed by atoms with E-state index in [0.29, 0.717) is 24.3 Å². The minimum Gasteiger partial charge on any atom is -0.429 e. The quantitative estimate of drug-likeness (QED) is 0.487. The largest absolute Gasteiger partial charge is 0.491 e. The standard InChI is InChI=1S/C8H7BO4/c10-5-12-7-2-1-6-4-13-9(11)8(6)3-7/h1-3,5,11H,4H2. The van der Waals surface area contributed by atoms with Crippen LogP contribution >= 0.6 is 0 Å². The van der Waals surface area contributed by atoms with Crippen LogP contribution in [-0.4, -0.2) is 18.6 Å². The van der Waals surface area contributed by atoms with Gasteiger partial charge in [-0.05, 0) is 23.2 Å². The molecule has 0 saturated heterocycles. The molecule has 1 aliphatic rings. The molecule has 1 N–H and O–H groups in total. The molecule has 2 rings (SSSR count). The molecule has 0 saturated carbocycles. The molecule has 0 aliphatic carbocycles. The molecule has 1 aromatic rings. The van der Waals surface area contributed by atoms with Crippen LogP contribution in [0.5, 0.6) is 5.75 Å². The van der Waals surface area contributed by atoms with Gasteiger partial charge in [-0.1, -0.05) is 6.07 Å². The summed E-state index contributed by atoms with van der Waals surface area (Å²) >= 11 is 0. The summed E-state index contributed by atoms with van der Waals surface area (Å²) in [7, 11) is -0.898. The normalized spacial score (nSPS) is 14.1. The fraction of sp³-hybridized carbons (Fsp3) is 0.125. The summed E-state index contributed by atoms with van der Waals surface area (Å²) < 4.78 is 9.60. The Bertz CT molecular complexity index is 339. The van der Waals surface area contributed by atoms with E-state index in [1.54, 1.807) is 18.2 Å². The predicted octanol–water partition coefficient (Wildman–Crippen LogP) is -0.561. The van der Waals surface area contributed by atoms with Gasteiger partial charge in [-0.2, -0.15) is 0 Å². The van der Waals surface area contributed by atoms with Gasteiger partial charge >= 0.3 is 7.12 Å². The van der Waals surface area contributed by atoms with Crippen molar-refractivity contribution >= 4 is 19.1 Å². The van der Waals surface area contributed by atoms with E-state index in [4.69, 9.17) is 4.65 Å². The van der Waals surface area contributed by atoms with Gasteiger partial charge in [0.25, 0.3) is 6.47 Å². The number of ether oxygens (including phenoxy) is 1. The van der Waals surface area contributed by atoms with Gasteiger partial charge < -0.3 is 14.4 Å². The smallest absolute Gasteiger partial charge is 0.429 e. The lowest BCUT2D eigenvalue weighted by atomic mass is 9.79. The maximum Gasteiger partial charge on any atom is 0.491 e. The van der Waals surface area contributed by atoms with Crippen molar-refractivity contribution in [3.05, 3.63) is 23.8 Å². The Balaban J connectivity index is 2.35. The van der Waals surface area contributed by atoms with Gasteiger partial charge in [0.1, 0.15) is 5.75 Å². The highest BCUT2D eigenvalue weighted by Crippen LogP contribution is 2.15. The second-order valence-electron chi connectivity index (χ2n) is 2.74. The lowest BCUT2D eigenvalue weighted by Crippen LogP contribution is -2.27. The molecule has 5 heteroatoms. The molecule has 0 unspecified atom stereocenters. The van der Waals surface area contributed by atoms with Crippen molar-refractivity contribution in [2.45, 2.75) is 6.61 Å². The van der Waals surface area contributed by atoms with E-state index in [-0.39, 0.29) is 0 Å². The molecule has 13 heavy (non-hydrogen) atoms. The zero-order valence-corrected chi connectivity index (χ0v) is 6.77. The van der Waals surface area contributed by atoms with E-state index >= 15 is 0 Å². The van der Waals surface area contributed by atoms with Gasteiger partial charge in [-0.3, -0.25) is 4.79 Å². The number of carbonyl (C=O) groups excluding carboxylic acids is 1. The summed E-state index contributed by atoms with van der Waals surface area (Å²) in [6.45, 7) is 0.752. The third-order valence-corrected chi connectivity index (χ3v) is 1.96. The lowest BCUT2D eigenvalue weighted by molar-refractivity contribution is -0.120. The molecule has 0 amide bonds. The Morgan fingerprint density at radius 3 is 3.23 bits per heavy atom. The van der Waals surface area contributed by atoms with Crippen molar-refractivity contribution in [1.82, 2.24) is 0 Å². The van der Waals surface area contributed by atoms with Crippen LogP contribution in [0.15, 0.2) is 18.2 Å². The van der Waals surface area contributed by atoms with Gasteiger partial charge in [-0.15, -0.1) is 0 Å². The van der Waals surface area contributed by atoms with Gasteiger partial charge in [-0.25, -0.2) is 0 Å². The summed E-state index contributed by atoms with van der Waals surface area (Å²) in [6.07, 6.45) is 0. The van der Waals surface area contributed by atoms with Crippen molar-refractivity contribution in [3.8, 4) is 5.75 Å². The summed E-state index contributed by atoms with van der Waals surface area (Å²) in [5, 5.41) is 9.31. The van der Waals surface area contributed by atoms with Crippen LogP contribution in [0.1, 0.15) is 5.56 Å². The summed E-state index contributed by atoms with van der Waals surface area (Å²) in [5.74, 6) is 0.415. The van der Waals surface area contributed by atoms with Gasteiger partial charge in [0.15, 0.2) is 0 Å². The van der Waals surface area contributed by atoms with Crippen molar-refractivity contribution < 1.29 is 19.2 Å². The van der Waals surface area contributed by atoms with Crippen LogP contribution in [0.2, 0.25) is 0 Å². The summed E-state index contributed by atoms with van der Waals surface area (Å²) in [5.41, 5.74) is 1.59. The van der Waals surface area contributed by atoms with Crippen LogP contribution in [0.3, 0.4) is 0 Å². The number of hydrogen-bond donors (Lipinski definition) is 1. The highest BCUT2D eigenvalue weighted by atomic mass is 16.5. The van der Waals surface area contributed by atoms with E-state index in [2.05, 4.69) is 4.74 Å². The first-order valence-corrected chi connectivity index (χ1v) is 3.84. The Kier molecular flexibility index (Phi) is 2.04. The highest BCUT2D eigenvalue weighted by molar-refractivity contribution is 6.61. The molecule has 1 aromatic carbocycles. The molecule has 1 aliphatic heterocycles. The van der Waals surface area contributed by atoms with Crippen molar-refractivity contribution in [2.75, 3.05) is 0 Å². The lowest BCUT2D eigenvalue weighted by Gasteiger charge is -2.00. The summed E-state index contributed by atoms with van der Waals surface area (Å²) in [4.78, 5) is 10.0. The average Bonchev–Trinajstić information content (AvgIpc) is 2.49. The fourth-order valence-corrected chi connectivity index (χ4v) is 1.32. The van der Waals surface area contributed by atoms with E-state index in [1.807, 2.05) is 0 Å². The predicted molar refractivity (Wildman–Crippen MR) is 45.5 cm³/mol. The molecule has 0 radical (unpaired) electrons. The second kappa shape index (κ2) is 3.20. The molecular weight excluding hydrogens is 171 g/mol. The Morgan fingerprint density at radius 2 is 2.46 bits per heavy atom. The zero-order valence-electron chi connectivity index (χ0n) is 6.77. The number of carbonyl (C=O) groups is 1. The van der Waals surface area contributed by atoms with Crippen molar-refractivity contribution in [2.24, 2.45) is 0 Å². The van der Waals surface area contributed by atoms with Gasteiger partial charge in [0.2, 0.25) is 0 Å². The topological polar surface area (TPSA) is 55.8 Å². The Morgan fingerprint density at radius 1 is 1.62 bits per heavy atom. The molecule has 0 aromatic heterocycles. The molecule has 0 bridgehead atoms. The first-order chi connectivity index (χ1) is 6.31. The minimum absolute atomic E-state index is 0.351. The van der Waals surface area contributed by atoms with Gasteiger partial charge in [0.05, 0.1) is 6.61 Å². The van der Waals surface area contributed by atoms with E-state index in [0.717, 1.165) is 5.56 Å². The molecule has 0 fully saturated rings. The maximum atomic E-state index is 10.0. The molecule has 0 spiro atoms. The zero-order chi connectivity index (χ0) is 9.26. The minimum atomic E-state index is -0.898. The van der Waals surface area contributed by atoms with E-state index in [9.17, 15) is 9.82 Å². The van der Waals surface area contributed by atoms with Crippen LogP contribution in [0.25, 0.3) is 0 Å². The van der Waals surface area contributed by atoms with Crippen molar-refractivity contribution in [1.29, 1.82) is 0 Å². The molecule has 1 heterocycles. The Hall–Kier alpha value is -1.33. The van der Waals surface area contributed by atoms with Crippen LogP contribution in [0.4, 0.5) is 0 Å². The maximum absolute atomic E-state index is 10.0. The molecule has 4 nitrogen and oxygen atoms in total. The SMILES string of the molecule is O=COc1ccc2c(c1)B(O)OC2. The van der Waals surface area contributed by atoms with Gasteiger partial charge in [0, 0.05) is 0 Å². The number of benzene rings is 1. The molecule has 66 valence electrons. The Labute approximate surface area is 75.2 Å². The number of fused-ring (bicyclic) bond motifs is 1. The summed E-state index contributed by atoms with van der Waals surface area (Å²) in [6, 6.07) is 5.03. The molecule has 0 atom stereocenters. The first-order valence-electron chi connectivity index (χ1n) is 3.84. The van der Waals surface area contributed by atoms with Crippen LogP contribution in [-0.2, 0) is 16.1 Å². The average molecular weight is 178 g/mol. The second-order valence-corrected chi connectivity index (χ2v) is 2.74. The highest BCUT2D eigenvalue weighted by Gasteiger charge is 2.27. The van der Waals surface area contributed by atoms with Crippen molar-refractivity contribution in [3.63, 3.8) is 0 Å². The number of rotatable bonds is 2. The van der Waals surface area contributed by atoms with E-state index < -0.39 is 7.12 Å². The van der Waals surface area contributed by atoms with Crippen LogP contribution < -0.4 is 10.2 Å². The van der Waals surface area contributed by atoms with E-state index in [1.165, 1.54) is 0 Å². The molecular formula is C8H7BO4. The first kappa shape index (κ1) is 8.28. The fourth-order valence-electron chi connectivity index (χ4n) is 1.32. The monoisotopic (exact) mass is 178 g/mol. The third-order valence-electron chi connectivity index (χ3n) is 1.96. The van der Waals surface area contributed by atoms with Crippen LogP contribution in [0, 0.1) is 0 Å². The number of hydrogen-bond acceptors (Lipinski definition) is 4.